The summed E-state index contributed by atoms with van der Waals surface area (Å²) in [6.07, 6.45) is 0. The number of benzene rings is 1. The maximum absolute atomic E-state index is 5.13. The zero-order valence-electron chi connectivity index (χ0n) is 9.49. The minimum Gasteiger partial charge on any atom is -0.497 e. The average Bonchev–Trinajstić information content (AvgIpc) is 2.57. The molecule has 3 nitrogen and oxygen atoms in total. The zero-order chi connectivity index (χ0) is 11.7. The minimum absolute atomic E-state index is 0.854. The summed E-state index contributed by atoms with van der Waals surface area (Å²) in [7, 11) is 3.65. The highest BCUT2D eigenvalue weighted by molar-refractivity contribution is 9.10. The van der Waals surface area contributed by atoms with Gasteiger partial charge < -0.3 is 9.30 Å². The van der Waals surface area contributed by atoms with Crippen molar-refractivity contribution >= 4 is 15.9 Å². The van der Waals surface area contributed by atoms with Crippen molar-refractivity contribution in [1.82, 2.24) is 9.55 Å². The topological polar surface area (TPSA) is 27.1 Å². The van der Waals surface area contributed by atoms with Crippen molar-refractivity contribution < 1.29 is 4.74 Å². The van der Waals surface area contributed by atoms with E-state index in [4.69, 9.17) is 4.74 Å². The Bertz CT molecular complexity index is 502. The average molecular weight is 281 g/mol. The molecule has 0 aliphatic rings. The Balaban J connectivity index is 2.46. The molecule has 0 spiro atoms. The predicted molar refractivity (Wildman–Crippen MR) is 67.6 cm³/mol. The Hall–Kier alpha value is -1.29. The fourth-order valence-corrected chi connectivity index (χ4v) is 2.09. The molecule has 2 rings (SSSR count). The smallest absolute Gasteiger partial charge is 0.118 e. The lowest BCUT2D eigenvalue weighted by atomic mass is 10.2. The second kappa shape index (κ2) is 4.29. The highest BCUT2D eigenvalue weighted by atomic mass is 79.9. The zero-order valence-corrected chi connectivity index (χ0v) is 11.1. The number of aryl methyl sites for hydroxylation is 1. The molecule has 2 aromatic rings. The van der Waals surface area contributed by atoms with Crippen LogP contribution < -0.4 is 4.74 Å². The molecule has 0 fully saturated rings. The first-order valence-electron chi connectivity index (χ1n) is 4.96. The Labute approximate surface area is 103 Å². The molecular weight excluding hydrogens is 268 g/mol. The lowest BCUT2D eigenvalue weighted by Crippen LogP contribution is -1.90. The van der Waals surface area contributed by atoms with Crippen LogP contribution in [0.15, 0.2) is 28.9 Å². The summed E-state index contributed by atoms with van der Waals surface area (Å²) in [6, 6.07) is 7.88. The molecule has 0 aliphatic heterocycles. The van der Waals surface area contributed by atoms with Gasteiger partial charge in [-0.25, -0.2) is 4.98 Å². The first kappa shape index (κ1) is 11.2. The summed E-state index contributed by atoms with van der Waals surface area (Å²) < 4.78 is 8.14. The summed E-state index contributed by atoms with van der Waals surface area (Å²) in [5.74, 6) is 1.84. The van der Waals surface area contributed by atoms with Gasteiger partial charge in [0.25, 0.3) is 0 Å². The third-order valence-corrected chi connectivity index (χ3v) is 3.52. The number of imidazole rings is 1. The van der Waals surface area contributed by atoms with Gasteiger partial charge in [-0.3, -0.25) is 0 Å². The Morgan fingerprint density at radius 3 is 2.31 bits per heavy atom. The van der Waals surface area contributed by atoms with Gasteiger partial charge in [0.1, 0.15) is 21.9 Å². The van der Waals surface area contributed by atoms with Crippen LogP contribution in [0, 0.1) is 6.92 Å². The molecule has 0 N–H and O–H groups in total. The highest BCUT2D eigenvalue weighted by Gasteiger charge is 2.11. The molecule has 0 radical (unpaired) electrons. The molecule has 16 heavy (non-hydrogen) atoms. The van der Waals surface area contributed by atoms with E-state index in [2.05, 4.69) is 20.9 Å². The van der Waals surface area contributed by atoms with Crippen LogP contribution in [0.25, 0.3) is 11.3 Å². The Morgan fingerprint density at radius 1 is 1.25 bits per heavy atom. The molecule has 84 valence electrons. The van der Waals surface area contributed by atoms with Crippen LogP contribution in [-0.4, -0.2) is 16.7 Å². The molecule has 4 heteroatoms. The van der Waals surface area contributed by atoms with E-state index < -0.39 is 0 Å². The number of aromatic nitrogens is 2. The van der Waals surface area contributed by atoms with Crippen LogP contribution in [0.2, 0.25) is 0 Å². The van der Waals surface area contributed by atoms with E-state index in [0.29, 0.717) is 0 Å². The van der Waals surface area contributed by atoms with E-state index in [1.165, 1.54) is 0 Å². The summed E-state index contributed by atoms with van der Waals surface area (Å²) in [4.78, 5) is 4.51. The fourth-order valence-electron chi connectivity index (χ4n) is 1.52. The number of halogens is 1. The number of methoxy groups -OCH3 is 1. The largest absolute Gasteiger partial charge is 0.497 e. The quantitative estimate of drug-likeness (QED) is 0.845. The van der Waals surface area contributed by atoms with E-state index in [1.807, 2.05) is 42.8 Å². The van der Waals surface area contributed by atoms with Gasteiger partial charge in [0.15, 0.2) is 0 Å². The molecule has 0 saturated heterocycles. The second-order valence-electron chi connectivity index (χ2n) is 3.59. The first-order valence-corrected chi connectivity index (χ1v) is 5.76. The maximum atomic E-state index is 5.13. The predicted octanol–water partition coefficient (Wildman–Crippen LogP) is 3.17. The minimum atomic E-state index is 0.854. The Kier molecular flexibility index (Phi) is 3.01. The number of hydrogen-bond acceptors (Lipinski definition) is 2. The second-order valence-corrected chi connectivity index (χ2v) is 4.34. The molecule has 0 atom stereocenters. The summed E-state index contributed by atoms with van der Waals surface area (Å²) in [6.45, 7) is 1.98. The van der Waals surface area contributed by atoms with Crippen LogP contribution >= 0.6 is 15.9 Å². The number of nitrogens with zero attached hydrogens (tertiary/aromatic N) is 2. The van der Waals surface area contributed by atoms with Gasteiger partial charge in [-0.15, -0.1) is 0 Å². The Morgan fingerprint density at radius 2 is 1.88 bits per heavy atom. The molecule has 1 aromatic carbocycles. The van der Waals surface area contributed by atoms with Crippen molar-refractivity contribution in [2.45, 2.75) is 6.92 Å². The van der Waals surface area contributed by atoms with E-state index in [9.17, 15) is 0 Å². The molecule has 0 saturated carbocycles. The lowest BCUT2D eigenvalue weighted by Gasteiger charge is -2.01. The van der Waals surface area contributed by atoms with E-state index >= 15 is 0 Å². The fraction of sp³-hybridized carbons (Fsp3) is 0.250. The van der Waals surface area contributed by atoms with Crippen LogP contribution in [0.4, 0.5) is 0 Å². The summed E-state index contributed by atoms with van der Waals surface area (Å²) in [5, 5.41) is 0. The van der Waals surface area contributed by atoms with Crippen LogP contribution in [0.3, 0.4) is 0 Å². The lowest BCUT2D eigenvalue weighted by molar-refractivity contribution is 0.415. The molecule has 1 aromatic heterocycles. The van der Waals surface area contributed by atoms with Gasteiger partial charge >= 0.3 is 0 Å². The molecule has 0 unspecified atom stereocenters. The third-order valence-electron chi connectivity index (χ3n) is 2.61. The SMILES string of the molecule is COc1ccc(-c2nc(C)n(C)c2Br)cc1. The molecular formula is C12H13BrN2O. The van der Waals surface area contributed by atoms with Gasteiger partial charge in [-0.1, -0.05) is 0 Å². The van der Waals surface area contributed by atoms with E-state index in [0.717, 1.165) is 27.4 Å². The van der Waals surface area contributed by atoms with Crippen molar-refractivity contribution in [2.75, 3.05) is 7.11 Å². The maximum Gasteiger partial charge on any atom is 0.118 e. The number of ether oxygens (including phenoxy) is 1. The number of hydrogen-bond donors (Lipinski definition) is 0. The van der Waals surface area contributed by atoms with E-state index in [1.54, 1.807) is 7.11 Å². The van der Waals surface area contributed by atoms with E-state index in [-0.39, 0.29) is 0 Å². The van der Waals surface area contributed by atoms with Crippen LogP contribution in [-0.2, 0) is 7.05 Å². The van der Waals surface area contributed by atoms with Crippen molar-refractivity contribution in [3.05, 3.63) is 34.7 Å². The van der Waals surface area contributed by atoms with Gasteiger partial charge in [-0.2, -0.15) is 0 Å². The van der Waals surface area contributed by atoms with Gasteiger partial charge in [0.05, 0.1) is 7.11 Å². The molecule has 0 aliphatic carbocycles. The monoisotopic (exact) mass is 280 g/mol. The van der Waals surface area contributed by atoms with Crippen LogP contribution in [0.5, 0.6) is 5.75 Å². The standard InChI is InChI=1S/C12H13BrN2O/c1-8-14-11(12(13)15(8)2)9-4-6-10(16-3)7-5-9/h4-7H,1-3H3. The molecule has 0 amide bonds. The highest BCUT2D eigenvalue weighted by Crippen LogP contribution is 2.28. The van der Waals surface area contributed by atoms with Crippen LogP contribution in [0.1, 0.15) is 5.82 Å². The number of rotatable bonds is 2. The van der Waals surface area contributed by atoms with Crippen molar-refractivity contribution in [3.8, 4) is 17.0 Å². The molecule has 1 heterocycles. The van der Waals surface area contributed by atoms with Gasteiger partial charge in [0, 0.05) is 12.6 Å². The van der Waals surface area contributed by atoms with Crippen molar-refractivity contribution in [3.63, 3.8) is 0 Å². The van der Waals surface area contributed by atoms with Crippen molar-refractivity contribution in [1.29, 1.82) is 0 Å². The molecule has 0 bridgehead atoms. The first-order chi connectivity index (χ1) is 7.63. The summed E-state index contributed by atoms with van der Waals surface area (Å²) in [5.41, 5.74) is 2.04. The summed E-state index contributed by atoms with van der Waals surface area (Å²) >= 11 is 3.54. The van der Waals surface area contributed by atoms with Gasteiger partial charge in [-0.05, 0) is 47.1 Å². The van der Waals surface area contributed by atoms with Gasteiger partial charge in [0.2, 0.25) is 0 Å². The van der Waals surface area contributed by atoms with Crippen molar-refractivity contribution in [2.24, 2.45) is 7.05 Å². The normalized spacial score (nSPS) is 10.5. The third kappa shape index (κ3) is 1.85.